The Morgan fingerprint density at radius 2 is 2.50 bits per heavy atom. The van der Waals surface area contributed by atoms with Gasteiger partial charge in [-0.3, -0.25) is 0 Å². The summed E-state index contributed by atoms with van der Waals surface area (Å²) in [6.07, 6.45) is 0. The second kappa shape index (κ2) is 1.82. The molecule has 0 aromatic carbocycles. The fourth-order valence-corrected chi connectivity index (χ4v) is 1.21. The summed E-state index contributed by atoms with van der Waals surface area (Å²) in [6.45, 7) is 0.838. The first kappa shape index (κ1) is 4.43. The van der Waals surface area contributed by atoms with Gasteiger partial charge in [0.1, 0.15) is 0 Å². The highest BCUT2D eigenvalue weighted by molar-refractivity contribution is 7.99. The molecule has 0 spiro atoms. The van der Waals surface area contributed by atoms with E-state index in [-0.39, 0.29) is 0 Å². The smallest absolute Gasteiger partial charge is 0.0694 e. The van der Waals surface area contributed by atoms with E-state index in [0.29, 0.717) is 0 Å². The predicted octanol–water partition coefficient (Wildman–Crippen LogP) is 0.382. The highest BCUT2D eigenvalue weighted by atomic mass is 32.2. The minimum atomic E-state index is 0.792. The topological polar surface area (TPSA) is 23.5 Å². The highest BCUT2D eigenvalue weighted by Crippen LogP contribution is 2.08. The zero-order chi connectivity index (χ0) is 4.41. The molecule has 0 aromatic rings. The van der Waals surface area contributed by atoms with Crippen LogP contribution in [0.2, 0.25) is 0 Å². The Morgan fingerprint density at radius 3 is 2.67 bits per heavy atom. The van der Waals surface area contributed by atoms with Crippen LogP contribution in [0.4, 0.5) is 0 Å². The van der Waals surface area contributed by atoms with Crippen LogP contribution in [0, 0.1) is 0 Å². The molecule has 3 heteroatoms. The molecule has 0 aliphatic carbocycles. The van der Waals surface area contributed by atoms with Gasteiger partial charge < -0.3 is 5.21 Å². The summed E-state index contributed by atoms with van der Waals surface area (Å²) >= 11 is 1.76. The molecule has 1 aliphatic rings. The molecule has 1 N–H and O–H groups in total. The van der Waals surface area contributed by atoms with E-state index >= 15 is 0 Å². The van der Waals surface area contributed by atoms with Crippen LogP contribution in [0.15, 0.2) is 0 Å². The van der Waals surface area contributed by atoms with Gasteiger partial charge in [-0.15, -0.1) is 11.8 Å². The Morgan fingerprint density at radius 1 is 1.67 bits per heavy atom. The van der Waals surface area contributed by atoms with Crippen molar-refractivity contribution in [3.8, 4) is 0 Å². The van der Waals surface area contributed by atoms with Crippen molar-refractivity contribution in [1.82, 2.24) is 5.06 Å². The molecule has 0 amide bonds. The Kier molecular flexibility index (Phi) is 1.34. The van der Waals surface area contributed by atoms with Crippen LogP contribution in [0.5, 0.6) is 0 Å². The fraction of sp³-hybridized carbons (Fsp3) is 1.00. The van der Waals surface area contributed by atoms with Gasteiger partial charge in [-0.25, -0.2) is 0 Å². The Bertz CT molecular complexity index is 44.1. The predicted molar refractivity (Wildman–Crippen MR) is 25.8 cm³/mol. The number of hydrogen-bond donors (Lipinski definition) is 1. The average molecular weight is 105 g/mol. The van der Waals surface area contributed by atoms with Gasteiger partial charge in [0.15, 0.2) is 0 Å². The third-order valence-corrected chi connectivity index (χ3v) is 1.69. The molecule has 1 fully saturated rings. The largest absolute Gasteiger partial charge is 0.313 e. The third kappa shape index (κ3) is 0.864. The van der Waals surface area contributed by atoms with Gasteiger partial charge in [-0.2, -0.15) is 5.06 Å². The van der Waals surface area contributed by atoms with Crippen molar-refractivity contribution in [2.45, 2.75) is 0 Å². The third-order valence-electron chi connectivity index (χ3n) is 0.734. The van der Waals surface area contributed by atoms with Gasteiger partial charge in [0.25, 0.3) is 0 Å². The first-order chi connectivity index (χ1) is 2.89. The Labute approximate surface area is 41.1 Å². The molecule has 36 valence electrons. The molecular formula is C3H7NOS. The van der Waals surface area contributed by atoms with Gasteiger partial charge in [-0.1, -0.05) is 0 Å². The molecule has 1 saturated heterocycles. The summed E-state index contributed by atoms with van der Waals surface area (Å²) in [4.78, 5) is 0. The SMILES string of the molecule is ON1CCSC1. The summed E-state index contributed by atoms with van der Waals surface area (Å²) in [6, 6.07) is 0. The van der Waals surface area contributed by atoms with Crippen LogP contribution in [0.3, 0.4) is 0 Å². The normalized spacial score (nSPS) is 25.5. The highest BCUT2D eigenvalue weighted by Gasteiger charge is 2.05. The lowest BCUT2D eigenvalue weighted by molar-refractivity contribution is -0.0598. The van der Waals surface area contributed by atoms with Gasteiger partial charge in [0.05, 0.1) is 5.88 Å². The van der Waals surface area contributed by atoms with Crippen LogP contribution in [0.25, 0.3) is 0 Å². The molecule has 1 aliphatic heterocycles. The number of hydroxylamine groups is 2. The number of rotatable bonds is 0. The van der Waals surface area contributed by atoms with Gasteiger partial charge in [-0.05, 0) is 0 Å². The maximum atomic E-state index is 8.54. The first-order valence-electron chi connectivity index (χ1n) is 1.91. The number of hydrogen-bond acceptors (Lipinski definition) is 3. The van der Waals surface area contributed by atoms with Crippen molar-refractivity contribution in [1.29, 1.82) is 0 Å². The standard InChI is InChI=1S/C3H7NOS/c5-4-1-2-6-3-4/h5H,1-3H2. The minimum absolute atomic E-state index is 0.792. The molecule has 6 heavy (non-hydrogen) atoms. The number of thioether (sulfide) groups is 1. The maximum Gasteiger partial charge on any atom is 0.0694 e. The quantitative estimate of drug-likeness (QED) is 0.482. The van der Waals surface area contributed by atoms with Crippen LogP contribution >= 0.6 is 11.8 Å². The van der Waals surface area contributed by atoms with Crippen molar-refractivity contribution in [3.63, 3.8) is 0 Å². The van der Waals surface area contributed by atoms with E-state index < -0.39 is 0 Å². The summed E-state index contributed by atoms with van der Waals surface area (Å²) in [5.74, 6) is 1.87. The zero-order valence-electron chi connectivity index (χ0n) is 3.42. The minimum Gasteiger partial charge on any atom is -0.313 e. The van der Waals surface area contributed by atoms with E-state index in [1.807, 2.05) is 0 Å². The summed E-state index contributed by atoms with van der Waals surface area (Å²) < 4.78 is 0. The van der Waals surface area contributed by atoms with Crippen LogP contribution in [-0.2, 0) is 0 Å². The summed E-state index contributed by atoms with van der Waals surface area (Å²) in [7, 11) is 0. The maximum absolute atomic E-state index is 8.54. The first-order valence-corrected chi connectivity index (χ1v) is 3.06. The second-order valence-electron chi connectivity index (χ2n) is 1.27. The summed E-state index contributed by atoms with van der Waals surface area (Å²) in [5.41, 5.74) is 0. The molecule has 1 heterocycles. The van der Waals surface area contributed by atoms with E-state index in [2.05, 4.69) is 0 Å². The number of nitrogens with zero attached hydrogens (tertiary/aromatic N) is 1. The van der Waals surface area contributed by atoms with E-state index in [1.165, 1.54) is 5.06 Å². The van der Waals surface area contributed by atoms with Crippen molar-refractivity contribution >= 4 is 11.8 Å². The van der Waals surface area contributed by atoms with Crippen LogP contribution < -0.4 is 0 Å². The van der Waals surface area contributed by atoms with Crippen molar-refractivity contribution < 1.29 is 5.21 Å². The van der Waals surface area contributed by atoms with E-state index in [0.717, 1.165) is 18.2 Å². The van der Waals surface area contributed by atoms with E-state index in [1.54, 1.807) is 11.8 Å². The molecule has 0 unspecified atom stereocenters. The van der Waals surface area contributed by atoms with E-state index in [4.69, 9.17) is 5.21 Å². The Balaban J connectivity index is 2.18. The molecule has 0 atom stereocenters. The van der Waals surface area contributed by atoms with E-state index in [9.17, 15) is 0 Å². The van der Waals surface area contributed by atoms with Gasteiger partial charge >= 0.3 is 0 Å². The van der Waals surface area contributed by atoms with Crippen molar-refractivity contribution in [2.24, 2.45) is 0 Å². The van der Waals surface area contributed by atoms with Gasteiger partial charge in [0, 0.05) is 12.3 Å². The molecule has 0 radical (unpaired) electrons. The van der Waals surface area contributed by atoms with Crippen LogP contribution in [0.1, 0.15) is 0 Å². The molecule has 2 nitrogen and oxygen atoms in total. The lowest BCUT2D eigenvalue weighted by Crippen LogP contribution is -2.12. The van der Waals surface area contributed by atoms with Crippen molar-refractivity contribution in [2.75, 3.05) is 18.2 Å². The fourth-order valence-electron chi connectivity index (χ4n) is 0.404. The molecule has 1 rings (SSSR count). The van der Waals surface area contributed by atoms with Gasteiger partial charge in [0.2, 0.25) is 0 Å². The zero-order valence-corrected chi connectivity index (χ0v) is 4.24. The Hall–Kier alpha value is 0.270. The monoisotopic (exact) mass is 105 g/mol. The second-order valence-corrected chi connectivity index (χ2v) is 2.34. The summed E-state index contributed by atoms with van der Waals surface area (Å²) in [5, 5.41) is 9.87. The van der Waals surface area contributed by atoms with Crippen LogP contribution in [-0.4, -0.2) is 28.4 Å². The average Bonchev–Trinajstić information content (AvgIpc) is 1.86. The lowest BCUT2D eigenvalue weighted by Gasteiger charge is -1.97. The molecule has 0 bridgehead atoms. The molecule has 0 saturated carbocycles. The lowest BCUT2D eigenvalue weighted by atomic mass is 10.8. The molecule has 0 aromatic heterocycles. The van der Waals surface area contributed by atoms with Crippen molar-refractivity contribution in [3.05, 3.63) is 0 Å². The molecular weight excluding hydrogens is 98.1 g/mol.